The molecule has 3 nitrogen and oxygen atoms in total. The highest BCUT2D eigenvalue weighted by Crippen LogP contribution is 2.62. The fraction of sp³-hybridized carbons (Fsp3) is 0.684. The van der Waals surface area contributed by atoms with E-state index in [4.69, 9.17) is 4.74 Å². The average Bonchev–Trinajstić information content (AvgIpc) is 2.67. The quantitative estimate of drug-likeness (QED) is 0.925. The minimum Gasteiger partial charge on any atom is -0.384 e. The van der Waals surface area contributed by atoms with Gasteiger partial charge in [0.05, 0.1) is 6.10 Å². The summed E-state index contributed by atoms with van der Waals surface area (Å²) in [6, 6.07) is 4.79. The van der Waals surface area contributed by atoms with Crippen molar-refractivity contribution in [1.82, 2.24) is 4.90 Å². The lowest BCUT2D eigenvalue weighted by Gasteiger charge is -2.47. The Morgan fingerprint density at radius 2 is 1.96 bits per heavy atom. The fourth-order valence-electron chi connectivity index (χ4n) is 4.66. The summed E-state index contributed by atoms with van der Waals surface area (Å²) in [6.45, 7) is 8.59. The van der Waals surface area contributed by atoms with Crippen molar-refractivity contribution >= 4 is 0 Å². The zero-order valence-electron chi connectivity index (χ0n) is 14.6. The van der Waals surface area contributed by atoms with E-state index >= 15 is 0 Å². The molecule has 0 bridgehead atoms. The maximum Gasteiger partial charge on any atom is 0.123 e. The Balaban J connectivity index is 2.09. The third-order valence-electron chi connectivity index (χ3n) is 5.99. The van der Waals surface area contributed by atoms with Crippen LogP contribution in [0.15, 0.2) is 18.2 Å². The van der Waals surface area contributed by atoms with Gasteiger partial charge in [-0.05, 0) is 69.1 Å². The number of halogens is 1. The van der Waals surface area contributed by atoms with Crippen molar-refractivity contribution in [2.45, 2.75) is 45.3 Å². The molecular formula is C19H28FNO2. The average molecular weight is 321 g/mol. The lowest BCUT2D eigenvalue weighted by Crippen LogP contribution is -2.50. The van der Waals surface area contributed by atoms with Gasteiger partial charge in [0, 0.05) is 12.0 Å². The summed E-state index contributed by atoms with van der Waals surface area (Å²) >= 11 is 0. The second-order valence-corrected chi connectivity index (χ2v) is 7.63. The minimum atomic E-state index is -1.05. The predicted molar refractivity (Wildman–Crippen MR) is 88.7 cm³/mol. The second-order valence-electron chi connectivity index (χ2n) is 7.63. The Morgan fingerprint density at radius 1 is 1.30 bits per heavy atom. The van der Waals surface area contributed by atoms with Crippen LogP contribution in [0.25, 0.3) is 0 Å². The minimum absolute atomic E-state index is 0.125. The molecule has 1 N–H and O–H groups in total. The number of aliphatic hydroxyl groups is 1. The Bertz CT molecular complexity index is 581. The molecule has 0 aromatic heterocycles. The number of ether oxygens (including phenoxy) is 1. The number of likely N-dealkylation sites (tertiary alicyclic amines) is 1. The van der Waals surface area contributed by atoms with Crippen LogP contribution >= 0.6 is 0 Å². The first-order valence-electron chi connectivity index (χ1n) is 8.64. The van der Waals surface area contributed by atoms with Gasteiger partial charge < -0.3 is 14.7 Å². The van der Waals surface area contributed by atoms with Crippen LogP contribution in [0.3, 0.4) is 0 Å². The van der Waals surface area contributed by atoms with Crippen LogP contribution in [0.1, 0.15) is 50.8 Å². The van der Waals surface area contributed by atoms with E-state index in [2.05, 4.69) is 25.8 Å². The van der Waals surface area contributed by atoms with Crippen LogP contribution in [-0.4, -0.2) is 36.8 Å². The largest absolute Gasteiger partial charge is 0.384 e. The van der Waals surface area contributed by atoms with Crippen LogP contribution < -0.4 is 0 Å². The molecule has 3 rings (SSSR count). The summed E-state index contributed by atoms with van der Waals surface area (Å²) in [7, 11) is 2.11. The molecule has 1 saturated heterocycles. The molecule has 1 aromatic rings. The van der Waals surface area contributed by atoms with Crippen LogP contribution in [-0.2, 0) is 10.3 Å². The molecule has 4 heteroatoms. The first-order chi connectivity index (χ1) is 10.8. The number of nitrogens with zero attached hydrogens (tertiary/aromatic N) is 1. The van der Waals surface area contributed by atoms with Gasteiger partial charge >= 0.3 is 0 Å². The molecule has 2 aliphatic rings. The number of benzene rings is 1. The zero-order valence-corrected chi connectivity index (χ0v) is 14.6. The maximum atomic E-state index is 13.9. The number of fused-ring (bicyclic) bond motifs is 1. The summed E-state index contributed by atoms with van der Waals surface area (Å²) in [6.07, 6.45) is 1.64. The van der Waals surface area contributed by atoms with Gasteiger partial charge in [0.2, 0.25) is 0 Å². The van der Waals surface area contributed by atoms with Gasteiger partial charge in [-0.1, -0.05) is 19.9 Å². The highest BCUT2D eigenvalue weighted by atomic mass is 19.1. The van der Waals surface area contributed by atoms with Crippen molar-refractivity contribution in [3.8, 4) is 0 Å². The van der Waals surface area contributed by atoms with Crippen molar-refractivity contribution < 1.29 is 14.2 Å². The van der Waals surface area contributed by atoms with Gasteiger partial charge in [-0.3, -0.25) is 0 Å². The molecule has 23 heavy (non-hydrogen) atoms. The van der Waals surface area contributed by atoms with Gasteiger partial charge in [0.25, 0.3) is 0 Å². The molecule has 128 valence electrons. The Labute approximate surface area is 138 Å². The smallest absolute Gasteiger partial charge is 0.123 e. The van der Waals surface area contributed by atoms with E-state index in [1.165, 1.54) is 12.1 Å². The first kappa shape index (κ1) is 16.9. The van der Waals surface area contributed by atoms with E-state index in [0.717, 1.165) is 37.1 Å². The lowest BCUT2D eigenvalue weighted by molar-refractivity contribution is -0.169. The topological polar surface area (TPSA) is 32.7 Å². The SMILES string of the molecule is CCOC1c2ccc(F)cc2C(O)(C2CCN(C)CC2)C1(C)C. The molecule has 1 aliphatic heterocycles. The molecule has 1 heterocycles. The van der Waals surface area contributed by atoms with Gasteiger partial charge in [0.1, 0.15) is 11.4 Å². The van der Waals surface area contributed by atoms with Crippen LogP contribution in [0, 0.1) is 17.2 Å². The summed E-state index contributed by atoms with van der Waals surface area (Å²) in [5.74, 6) is -0.164. The van der Waals surface area contributed by atoms with Gasteiger partial charge in [-0.2, -0.15) is 0 Å². The second kappa shape index (κ2) is 5.83. The number of hydrogen-bond donors (Lipinski definition) is 1. The standard InChI is InChI=1S/C19H28FNO2/c1-5-23-17-15-7-6-14(20)12-16(15)19(22,18(17,2)3)13-8-10-21(4)11-9-13/h6-7,12-13,17,22H,5,8-11H2,1-4H3. The van der Waals surface area contributed by atoms with Gasteiger partial charge in [-0.25, -0.2) is 4.39 Å². The highest BCUT2D eigenvalue weighted by molar-refractivity contribution is 5.44. The van der Waals surface area contributed by atoms with Crippen LogP contribution in [0.4, 0.5) is 4.39 Å². The summed E-state index contributed by atoms with van der Waals surface area (Å²) in [5.41, 5.74) is 0.140. The fourth-order valence-corrected chi connectivity index (χ4v) is 4.66. The normalized spacial score (nSPS) is 31.3. The molecule has 0 saturated carbocycles. The third-order valence-corrected chi connectivity index (χ3v) is 5.99. The van der Waals surface area contributed by atoms with E-state index in [-0.39, 0.29) is 17.8 Å². The molecule has 0 spiro atoms. The Hall–Kier alpha value is -0.970. The van der Waals surface area contributed by atoms with E-state index in [1.54, 1.807) is 6.07 Å². The molecule has 2 unspecified atom stereocenters. The highest BCUT2D eigenvalue weighted by Gasteiger charge is 2.61. The molecule has 0 radical (unpaired) electrons. The lowest BCUT2D eigenvalue weighted by atomic mass is 9.64. The van der Waals surface area contributed by atoms with Crippen molar-refractivity contribution in [1.29, 1.82) is 0 Å². The molecular weight excluding hydrogens is 293 g/mol. The Kier molecular flexibility index (Phi) is 4.28. The molecule has 0 amide bonds. The summed E-state index contributed by atoms with van der Waals surface area (Å²) < 4.78 is 19.9. The van der Waals surface area contributed by atoms with Crippen molar-refractivity contribution in [2.75, 3.05) is 26.7 Å². The van der Waals surface area contributed by atoms with E-state index in [9.17, 15) is 9.50 Å². The molecule has 2 atom stereocenters. The van der Waals surface area contributed by atoms with Crippen LogP contribution in [0.2, 0.25) is 0 Å². The molecule has 1 aliphatic carbocycles. The number of hydrogen-bond acceptors (Lipinski definition) is 3. The zero-order chi connectivity index (χ0) is 16.8. The monoisotopic (exact) mass is 321 g/mol. The van der Waals surface area contributed by atoms with E-state index in [0.29, 0.717) is 6.61 Å². The van der Waals surface area contributed by atoms with E-state index < -0.39 is 11.0 Å². The summed E-state index contributed by atoms with van der Waals surface area (Å²) in [4.78, 5) is 2.29. The number of piperidine rings is 1. The van der Waals surface area contributed by atoms with Gasteiger partial charge in [0.15, 0.2) is 0 Å². The molecule has 1 aromatic carbocycles. The third kappa shape index (κ3) is 2.43. The van der Waals surface area contributed by atoms with Gasteiger partial charge in [-0.15, -0.1) is 0 Å². The van der Waals surface area contributed by atoms with Crippen molar-refractivity contribution in [3.05, 3.63) is 35.1 Å². The Morgan fingerprint density at radius 3 is 2.57 bits per heavy atom. The van der Waals surface area contributed by atoms with E-state index in [1.807, 2.05) is 6.92 Å². The van der Waals surface area contributed by atoms with Crippen molar-refractivity contribution in [2.24, 2.45) is 11.3 Å². The predicted octanol–water partition coefficient (Wildman–Crippen LogP) is 3.47. The van der Waals surface area contributed by atoms with Crippen LogP contribution in [0.5, 0.6) is 0 Å². The van der Waals surface area contributed by atoms with Crippen molar-refractivity contribution in [3.63, 3.8) is 0 Å². The molecule has 1 fully saturated rings. The maximum absolute atomic E-state index is 13.9. The summed E-state index contributed by atoms with van der Waals surface area (Å²) in [5, 5.41) is 11.8. The first-order valence-corrected chi connectivity index (χ1v) is 8.64. The number of rotatable bonds is 3.